The van der Waals surface area contributed by atoms with Crippen LogP contribution in [0.1, 0.15) is 32.3 Å². The van der Waals surface area contributed by atoms with Gasteiger partial charge in [0.25, 0.3) is 0 Å². The van der Waals surface area contributed by atoms with Crippen LogP contribution >= 0.6 is 15.9 Å². The number of nitrogens with one attached hydrogen (secondary N) is 1. The molecule has 1 saturated heterocycles. The third-order valence-corrected chi connectivity index (χ3v) is 5.01. The van der Waals surface area contributed by atoms with Crippen molar-refractivity contribution in [1.29, 1.82) is 0 Å². The van der Waals surface area contributed by atoms with Gasteiger partial charge in [-0.1, -0.05) is 28.1 Å². The van der Waals surface area contributed by atoms with Gasteiger partial charge in [0.1, 0.15) is 6.54 Å². The molecule has 1 aromatic rings. The standard InChI is InChI=1S/C17H25BrN2O/c1-3-20(4-2)17(21)15-9-11-19(12-10-15)13-14-5-7-16(18)8-6-14/h5-8,15H,3-4,9-13H2,1-2H3/p+1. The van der Waals surface area contributed by atoms with Gasteiger partial charge in [-0.15, -0.1) is 0 Å². The fourth-order valence-corrected chi connectivity index (χ4v) is 3.40. The van der Waals surface area contributed by atoms with Crippen molar-refractivity contribution in [2.24, 2.45) is 5.92 Å². The molecule has 0 atom stereocenters. The summed E-state index contributed by atoms with van der Waals surface area (Å²) in [4.78, 5) is 15.9. The molecule has 0 saturated carbocycles. The van der Waals surface area contributed by atoms with Crippen molar-refractivity contribution in [1.82, 2.24) is 4.90 Å². The average molecular weight is 354 g/mol. The molecule has 0 spiro atoms. The zero-order chi connectivity index (χ0) is 15.2. The Bertz CT molecular complexity index is 448. The lowest BCUT2D eigenvalue weighted by atomic mass is 9.95. The number of quaternary nitrogens is 1. The molecule has 1 N–H and O–H groups in total. The van der Waals surface area contributed by atoms with E-state index in [0.717, 1.165) is 50.0 Å². The van der Waals surface area contributed by atoms with Crippen molar-refractivity contribution in [2.45, 2.75) is 33.2 Å². The number of carbonyl (C=O) groups is 1. The van der Waals surface area contributed by atoms with Crippen LogP contribution in [0.4, 0.5) is 0 Å². The number of hydrogen-bond acceptors (Lipinski definition) is 1. The lowest BCUT2D eigenvalue weighted by molar-refractivity contribution is -0.919. The number of nitrogens with zero attached hydrogens (tertiary/aromatic N) is 1. The normalized spacial score (nSPS) is 22.0. The van der Waals surface area contributed by atoms with Crippen molar-refractivity contribution in [3.8, 4) is 0 Å². The van der Waals surface area contributed by atoms with E-state index in [1.807, 2.05) is 4.90 Å². The van der Waals surface area contributed by atoms with Gasteiger partial charge in [-0.3, -0.25) is 4.79 Å². The minimum absolute atomic E-state index is 0.249. The maximum absolute atomic E-state index is 12.4. The molecule has 0 radical (unpaired) electrons. The fourth-order valence-electron chi connectivity index (χ4n) is 3.13. The van der Waals surface area contributed by atoms with Crippen LogP contribution in [0.3, 0.4) is 0 Å². The number of halogens is 1. The first kappa shape index (κ1) is 16.5. The predicted molar refractivity (Wildman–Crippen MR) is 89.2 cm³/mol. The molecule has 0 aliphatic carbocycles. The molecular weight excluding hydrogens is 328 g/mol. The molecule has 2 rings (SSSR count). The van der Waals surface area contributed by atoms with Gasteiger partial charge in [0, 0.05) is 41.9 Å². The Morgan fingerprint density at radius 2 is 1.76 bits per heavy atom. The first-order valence-electron chi connectivity index (χ1n) is 8.00. The third kappa shape index (κ3) is 4.55. The van der Waals surface area contributed by atoms with Crippen molar-refractivity contribution in [3.63, 3.8) is 0 Å². The smallest absolute Gasteiger partial charge is 0.226 e. The van der Waals surface area contributed by atoms with Crippen molar-refractivity contribution in [3.05, 3.63) is 34.3 Å². The number of hydrogen-bond donors (Lipinski definition) is 1. The van der Waals surface area contributed by atoms with E-state index in [-0.39, 0.29) is 5.92 Å². The van der Waals surface area contributed by atoms with Crippen LogP contribution in [0.25, 0.3) is 0 Å². The number of carbonyl (C=O) groups excluding carboxylic acids is 1. The lowest BCUT2D eigenvalue weighted by Gasteiger charge is -2.31. The molecule has 116 valence electrons. The third-order valence-electron chi connectivity index (χ3n) is 4.48. The van der Waals surface area contributed by atoms with Gasteiger partial charge >= 0.3 is 0 Å². The van der Waals surface area contributed by atoms with Crippen LogP contribution in [0.15, 0.2) is 28.7 Å². The summed E-state index contributed by atoms with van der Waals surface area (Å²) in [7, 11) is 0. The summed E-state index contributed by atoms with van der Waals surface area (Å²) in [6.07, 6.45) is 2.06. The number of benzene rings is 1. The molecule has 0 aromatic heterocycles. The second-order valence-electron chi connectivity index (χ2n) is 5.84. The summed E-state index contributed by atoms with van der Waals surface area (Å²) >= 11 is 3.47. The molecule has 3 nitrogen and oxygen atoms in total. The molecular formula is C17H26BrN2O+. The van der Waals surface area contributed by atoms with E-state index in [1.54, 1.807) is 4.90 Å². The summed E-state index contributed by atoms with van der Waals surface area (Å²) in [6.45, 7) is 9.08. The van der Waals surface area contributed by atoms with Gasteiger partial charge in [0.05, 0.1) is 13.1 Å². The Labute approximate surface area is 136 Å². The molecule has 1 heterocycles. The number of rotatable bonds is 5. The predicted octanol–water partition coefficient (Wildman–Crippen LogP) is 2.11. The van der Waals surface area contributed by atoms with Crippen molar-refractivity contribution >= 4 is 21.8 Å². The largest absolute Gasteiger partial charge is 0.343 e. The Morgan fingerprint density at radius 1 is 1.19 bits per heavy atom. The van der Waals surface area contributed by atoms with Crippen LogP contribution in [0.5, 0.6) is 0 Å². The second-order valence-corrected chi connectivity index (χ2v) is 6.75. The maximum atomic E-state index is 12.4. The zero-order valence-corrected chi connectivity index (χ0v) is 14.7. The van der Waals surface area contributed by atoms with E-state index >= 15 is 0 Å². The van der Waals surface area contributed by atoms with Gasteiger partial charge in [0.15, 0.2) is 0 Å². The Kier molecular flexibility index (Phi) is 6.24. The average Bonchev–Trinajstić information content (AvgIpc) is 2.51. The van der Waals surface area contributed by atoms with Crippen LogP contribution in [-0.4, -0.2) is 37.0 Å². The van der Waals surface area contributed by atoms with Gasteiger partial charge in [-0.05, 0) is 26.0 Å². The maximum Gasteiger partial charge on any atom is 0.226 e. The highest BCUT2D eigenvalue weighted by Crippen LogP contribution is 2.14. The molecule has 1 aromatic carbocycles. The first-order chi connectivity index (χ1) is 10.1. The Balaban J connectivity index is 1.83. The Morgan fingerprint density at radius 3 is 2.29 bits per heavy atom. The highest BCUT2D eigenvalue weighted by Gasteiger charge is 2.29. The molecule has 0 unspecified atom stereocenters. The SMILES string of the molecule is CCN(CC)C(=O)C1CC[NH+](Cc2ccc(Br)cc2)CC1. The summed E-state index contributed by atoms with van der Waals surface area (Å²) < 4.78 is 1.13. The van der Waals surface area contributed by atoms with E-state index in [1.165, 1.54) is 5.56 Å². The number of amides is 1. The van der Waals surface area contributed by atoms with Gasteiger partial charge < -0.3 is 9.80 Å². The van der Waals surface area contributed by atoms with Crippen LogP contribution in [-0.2, 0) is 11.3 Å². The summed E-state index contributed by atoms with van der Waals surface area (Å²) in [5.74, 6) is 0.612. The van der Waals surface area contributed by atoms with Crippen LogP contribution < -0.4 is 4.90 Å². The van der Waals surface area contributed by atoms with E-state index in [2.05, 4.69) is 54.0 Å². The van der Waals surface area contributed by atoms with Crippen molar-refractivity contribution in [2.75, 3.05) is 26.2 Å². The molecule has 1 amide bonds. The topological polar surface area (TPSA) is 24.8 Å². The van der Waals surface area contributed by atoms with Crippen LogP contribution in [0.2, 0.25) is 0 Å². The number of piperidine rings is 1. The molecule has 21 heavy (non-hydrogen) atoms. The molecule has 4 heteroatoms. The van der Waals surface area contributed by atoms with Gasteiger partial charge in [0.2, 0.25) is 5.91 Å². The summed E-state index contributed by atoms with van der Waals surface area (Å²) in [5, 5.41) is 0. The summed E-state index contributed by atoms with van der Waals surface area (Å²) in [5.41, 5.74) is 1.38. The zero-order valence-electron chi connectivity index (χ0n) is 13.1. The number of likely N-dealkylation sites (tertiary alicyclic amines) is 1. The van der Waals surface area contributed by atoms with Gasteiger partial charge in [-0.25, -0.2) is 0 Å². The van der Waals surface area contributed by atoms with E-state index in [0.29, 0.717) is 5.91 Å². The van der Waals surface area contributed by atoms with Crippen molar-refractivity contribution < 1.29 is 9.69 Å². The second kappa shape index (κ2) is 7.95. The summed E-state index contributed by atoms with van der Waals surface area (Å²) in [6, 6.07) is 8.57. The first-order valence-corrected chi connectivity index (χ1v) is 8.80. The monoisotopic (exact) mass is 353 g/mol. The quantitative estimate of drug-likeness (QED) is 0.861. The van der Waals surface area contributed by atoms with E-state index in [9.17, 15) is 4.79 Å². The molecule has 1 fully saturated rings. The molecule has 1 aliphatic rings. The lowest BCUT2D eigenvalue weighted by Crippen LogP contribution is -3.11. The molecule has 1 aliphatic heterocycles. The minimum atomic E-state index is 0.249. The highest BCUT2D eigenvalue weighted by atomic mass is 79.9. The fraction of sp³-hybridized carbons (Fsp3) is 0.588. The van der Waals surface area contributed by atoms with Crippen LogP contribution in [0, 0.1) is 5.92 Å². The van der Waals surface area contributed by atoms with Gasteiger partial charge in [-0.2, -0.15) is 0 Å². The van der Waals surface area contributed by atoms with E-state index < -0.39 is 0 Å². The highest BCUT2D eigenvalue weighted by molar-refractivity contribution is 9.10. The Hall–Kier alpha value is -0.870. The minimum Gasteiger partial charge on any atom is -0.343 e. The van der Waals surface area contributed by atoms with E-state index in [4.69, 9.17) is 0 Å². The molecule has 0 bridgehead atoms.